The summed E-state index contributed by atoms with van der Waals surface area (Å²) < 4.78 is 5.59. The van der Waals surface area contributed by atoms with E-state index in [1.54, 1.807) is 7.11 Å². The normalized spacial score (nSPS) is 23.1. The number of hydrogen-bond acceptors (Lipinski definition) is 3. The van der Waals surface area contributed by atoms with Crippen molar-refractivity contribution in [1.29, 1.82) is 0 Å². The van der Waals surface area contributed by atoms with Crippen molar-refractivity contribution in [3.05, 3.63) is 48.0 Å². The zero-order chi connectivity index (χ0) is 14.9. The van der Waals surface area contributed by atoms with Gasteiger partial charge in [0.05, 0.1) is 7.11 Å². The summed E-state index contributed by atoms with van der Waals surface area (Å²) in [6, 6.07) is 15.5. The van der Waals surface area contributed by atoms with Gasteiger partial charge in [0.1, 0.15) is 5.75 Å². The molecule has 0 aliphatic carbocycles. The molecule has 3 heteroatoms. The molecule has 0 aromatic heterocycles. The SMILES string of the molecule is COc1ccccc1-c1cccc2c1[C@@H]1CCNCC[C@@H]1N2. The number of methoxy groups -OCH3 is 1. The van der Waals surface area contributed by atoms with E-state index in [1.165, 1.54) is 35.2 Å². The third kappa shape index (κ3) is 2.17. The molecule has 2 aliphatic rings. The van der Waals surface area contributed by atoms with Crippen LogP contribution in [0.4, 0.5) is 5.69 Å². The number of nitrogens with one attached hydrogen (secondary N) is 2. The Bertz CT molecular complexity index is 683. The summed E-state index contributed by atoms with van der Waals surface area (Å²) in [5.41, 5.74) is 5.29. The van der Waals surface area contributed by atoms with E-state index in [0.717, 1.165) is 18.8 Å². The highest BCUT2D eigenvalue weighted by molar-refractivity contribution is 5.81. The van der Waals surface area contributed by atoms with Crippen LogP contribution in [-0.2, 0) is 0 Å². The van der Waals surface area contributed by atoms with E-state index >= 15 is 0 Å². The summed E-state index contributed by atoms with van der Waals surface area (Å²) in [5, 5.41) is 7.27. The molecule has 0 radical (unpaired) electrons. The largest absolute Gasteiger partial charge is 0.496 e. The lowest BCUT2D eigenvalue weighted by Crippen LogP contribution is -2.21. The lowest BCUT2D eigenvalue weighted by molar-refractivity contribution is 0.416. The van der Waals surface area contributed by atoms with Gasteiger partial charge in [-0.2, -0.15) is 0 Å². The minimum atomic E-state index is 0.556. The highest BCUT2D eigenvalue weighted by Crippen LogP contribution is 2.46. The van der Waals surface area contributed by atoms with E-state index in [1.807, 2.05) is 12.1 Å². The van der Waals surface area contributed by atoms with Gasteiger partial charge < -0.3 is 15.4 Å². The number of anilines is 1. The van der Waals surface area contributed by atoms with Crippen LogP contribution in [0.2, 0.25) is 0 Å². The monoisotopic (exact) mass is 294 g/mol. The van der Waals surface area contributed by atoms with Crippen molar-refractivity contribution < 1.29 is 4.74 Å². The minimum Gasteiger partial charge on any atom is -0.496 e. The summed E-state index contributed by atoms with van der Waals surface area (Å²) in [4.78, 5) is 0. The molecule has 3 nitrogen and oxygen atoms in total. The van der Waals surface area contributed by atoms with Gasteiger partial charge in [0.2, 0.25) is 0 Å². The van der Waals surface area contributed by atoms with Crippen LogP contribution in [0.25, 0.3) is 11.1 Å². The van der Waals surface area contributed by atoms with Crippen LogP contribution >= 0.6 is 0 Å². The van der Waals surface area contributed by atoms with E-state index in [2.05, 4.69) is 41.0 Å². The van der Waals surface area contributed by atoms with E-state index < -0.39 is 0 Å². The number of ether oxygens (including phenoxy) is 1. The molecule has 2 N–H and O–H groups in total. The second-order valence-corrected chi connectivity index (χ2v) is 6.15. The van der Waals surface area contributed by atoms with Gasteiger partial charge in [-0.25, -0.2) is 0 Å². The molecule has 1 saturated heterocycles. The number of para-hydroxylation sites is 1. The summed E-state index contributed by atoms with van der Waals surface area (Å²) in [6.07, 6.45) is 2.38. The van der Waals surface area contributed by atoms with Gasteiger partial charge in [0.25, 0.3) is 0 Å². The molecule has 22 heavy (non-hydrogen) atoms. The highest BCUT2D eigenvalue weighted by Gasteiger charge is 2.35. The summed E-state index contributed by atoms with van der Waals surface area (Å²) >= 11 is 0. The van der Waals surface area contributed by atoms with Crippen molar-refractivity contribution in [3.8, 4) is 16.9 Å². The smallest absolute Gasteiger partial charge is 0.126 e. The molecule has 2 aromatic carbocycles. The topological polar surface area (TPSA) is 33.3 Å². The third-order valence-electron chi connectivity index (χ3n) is 4.96. The van der Waals surface area contributed by atoms with Crippen LogP contribution in [0, 0.1) is 0 Å². The van der Waals surface area contributed by atoms with Gasteiger partial charge in [0.15, 0.2) is 0 Å². The zero-order valence-corrected chi connectivity index (χ0v) is 12.9. The van der Waals surface area contributed by atoms with Crippen molar-refractivity contribution in [1.82, 2.24) is 5.32 Å². The van der Waals surface area contributed by atoms with Crippen LogP contribution in [0.5, 0.6) is 5.75 Å². The molecule has 2 heterocycles. The quantitative estimate of drug-likeness (QED) is 0.887. The molecule has 0 bridgehead atoms. The Morgan fingerprint density at radius 1 is 0.955 bits per heavy atom. The predicted molar refractivity (Wildman–Crippen MR) is 90.7 cm³/mol. The fourth-order valence-electron chi connectivity index (χ4n) is 3.95. The van der Waals surface area contributed by atoms with Crippen LogP contribution < -0.4 is 15.4 Å². The number of hydrogen-bond donors (Lipinski definition) is 2. The van der Waals surface area contributed by atoms with Gasteiger partial charge in [0, 0.05) is 23.2 Å². The van der Waals surface area contributed by atoms with Gasteiger partial charge in [-0.05, 0) is 49.2 Å². The molecule has 0 amide bonds. The molecule has 1 fully saturated rings. The number of fused-ring (bicyclic) bond motifs is 3. The first-order valence-electron chi connectivity index (χ1n) is 8.12. The van der Waals surface area contributed by atoms with Crippen LogP contribution in [0.3, 0.4) is 0 Å². The molecule has 0 spiro atoms. The lowest BCUT2D eigenvalue weighted by Gasteiger charge is -2.19. The first-order chi connectivity index (χ1) is 10.9. The van der Waals surface area contributed by atoms with Gasteiger partial charge in [-0.15, -0.1) is 0 Å². The van der Waals surface area contributed by atoms with Crippen molar-refractivity contribution >= 4 is 5.69 Å². The van der Waals surface area contributed by atoms with Gasteiger partial charge >= 0.3 is 0 Å². The summed E-state index contributed by atoms with van der Waals surface area (Å²) in [5.74, 6) is 1.54. The molecule has 2 aromatic rings. The molecule has 0 unspecified atom stereocenters. The van der Waals surface area contributed by atoms with Gasteiger partial charge in [-0.1, -0.05) is 30.3 Å². The fraction of sp³-hybridized carbons (Fsp3) is 0.368. The van der Waals surface area contributed by atoms with Crippen molar-refractivity contribution in [3.63, 3.8) is 0 Å². The Morgan fingerprint density at radius 2 is 1.77 bits per heavy atom. The van der Waals surface area contributed by atoms with Crippen molar-refractivity contribution in [2.45, 2.75) is 24.8 Å². The second-order valence-electron chi connectivity index (χ2n) is 6.15. The van der Waals surface area contributed by atoms with E-state index in [9.17, 15) is 0 Å². The minimum absolute atomic E-state index is 0.556. The fourth-order valence-corrected chi connectivity index (χ4v) is 3.95. The summed E-state index contributed by atoms with van der Waals surface area (Å²) in [7, 11) is 1.75. The maximum Gasteiger partial charge on any atom is 0.126 e. The molecule has 2 aliphatic heterocycles. The molecule has 2 atom stereocenters. The second kappa shape index (κ2) is 5.65. The first-order valence-corrected chi connectivity index (χ1v) is 8.12. The standard InChI is InChI=1S/C19H22N2O/c1-22-18-8-3-2-5-13(18)14-6-4-7-17-19(14)15-9-11-20-12-10-16(15)21-17/h2-8,15-16,20-21H,9-12H2,1H3/t15-,16+/m1/s1. The van der Waals surface area contributed by atoms with E-state index in [0.29, 0.717) is 12.0 Å². The maximum absolute atomic E-state index is 5.59. The molecule has 0 saturated carbocycles. The first kappa shape index (κ1) is 13.6. The van der Waals surface area contributed by atoms with E-state index in [-0.39, 0.29) is 0 Å². The van der Waals surface area contributed by atoms with Crippen LogP contribution in [0.15, 0.2) is 42.5 Å². The molecule has 4 rings (SSSR count). The lowest BCUT2D eigenvalue weighted by atomic mass is 9.86. The molecular weight excluding hydrogens is 272 g/mol. The zero-order valence-electron chi connectivity index (χ0n) is 12.9. The number of rotatable bonds is 2. The Hall–Kier alpha value is -2.00. The van der Waals surface area contributed by atoms with Crippen LogP contribution in [-0.4, -0.2) is 26.2 Å². The van der Waals surface area contributed by atoms with Crippen molar-refractivity contribution in [2.24, 2.45) is 0 Å². The Morgan fingerprint density at radius 3 is 2.68 bits per heavy atom. The maximum atomic E-state index is 5.59. The highest BCUT2D eigenvalue weighted by atomic mass is 16.5. The Kier molecular flexibility index (Phi) is 3.51. The predicted octanol–water partition coefficient (Wildman–Crippen LogP) is 3.62. The average Bonchev–Trinajstić information content (AvgIpc) is 2.76. The van der Waals surface area contributed by atoms with Crippen molar-refractivity contribution in [2.75, 3.05) is 25.5 Å². The van der Waals surface area contributed by atoms with Crippen LogP contribution in [0.1, 0.15) is 24.3 Å². The third-order valence-corrected chi connectivity index (χ3v) is 4.96. The Balaban J connectivity index is 1.85. The Labute approximate surface area is 131 Å². The molecular formula is C19H22N2O. The number of benzene rings is 2. The molecule has 114 valence electrons. The summed E-state index contributed by atoms with van der Waals surface area (Å²) in [6.45, 7) is 2.20. The average molecular weight is 294 g/mol. The van der Waals surface area contributed by atoms with Gasteiger partial charge in [-0.3, -0.25) is 0 Å². The van der Waals surface area contributed by atoms with E-state index in [4.69, 9.17) is 4.74 Å².